The molecule has 0 atom stereocenters. The monoisotopic (exact) mass is 279 g/mol. The maximum atomic E-state index is 12.3. The summed E-state index contributed by atoms with van der Waals surface area (Å²) < 4.78 is 0. The Balaban J connectivity index is 2.68. The van der Waals surface area contributed by atoms with Crippen LogP contribution in [0.15, 0.2) is 25.3 Å². The molecule has 1 heterocycles. The van der Waals surface area contributed by atoms with Crippen LogP contribution in [-0.4, -0.2) is 41.1 Å². The van der Waals surface area contributed by atoms with Crippen LogP contribution in [0.4, 0.5) is 4.79 Å². The molecule has 20 heavy (non-hydrogen) atoms. The molecule has 0 aromatic carbocycles. The second-order valence-electron chi connectivity index (χ2n) is 6.93. The van der Waals surface area contributed by atoms with Crippen molar-refractivity contribution in [2.24, 2.45) is 0 Å². The molecule has 2 amide bonds. The van der Waals surface area contributed by atoms with Gasteiger partial charge in [-0.25, -0.2) is 4.79 Å². The Hall–Kier alpha value is -1.29. The van der Waals surface area contributed by atoms with Gasteiger partial charge in [0.25, 0.3) is 0 Å². The lowest BCUT2D eigenvalue weighted by molar-refractivity contribution is 0.141. The molecule has 114 valence electrons. The van der Waals surface area contributed by atoms with Crippen LogP contribution in [0, 0.1) is 0 Å². The number of nitrogens with zero attached hydrogens (tertiary/aromatic N) is 1. The number of hydrogen-bond donors (Lipinski definition) is 2. The highest BCUT2D eigenvalue weighted by Gasteiger charge is 2.38. The van der Waals surface area contributed by atoms with Crippen molar-refractivity contribution in [2.75, 3.05) is 13.1 Å². The van der Waals surface area contributed by atoms with Crippen LogP contribution in [0.2, 0.25) is 0 Å². The van der Waals surface area contributed by atoms with Crippen LogP contribution in [0.1, 0.15) is 40.5 Å². The lowest BCUT2D eigenvalue weighted by Crippen LogP contribution is -2.63. The second-order valence-corrected chi connectivity index (χ2v) is 6.93. The predicted octanol–water partition coefficient (Wildman–Crippen LogP) is 2.68. The number of nitrogens with one attached hydrogen (secondary N) is 2. The molecule has 2 N–H and O–H groups in total. The van der Waals surface area contributed by atoms with Gasteiger partial charge in [-0.05, 0) is 40.5 Å². The minimum atomic E-state index is -0.0386. The lowest BCUT2D eigenvalue weighted by atomic mass is 9.80. The fourth-order valence-corrected chi connectivity index (χ4v) is 3.24. The maximum absolute atomic E-state index is 12.3. The zero-order chi connectivity index (χ0) is 15.4. The summed E-state index contributed by atoms with van der Waals surface area (Å²) in [6.45, 7) is 17.2. The van der Waals surface area contributed by atoms with Gasteiger partial charge in [-0.1, -0.05) is 12.2 Å². The third-order valence-corrected chi connectivity index (χ3v) is 3.50. The summed E-state index contributed by atoms with van der Waals surface area (Å²) in [5.74, 6) is 0. The Morgan fingerprint density at radius 2 is 1.65 bits per heavy atom. The zero-order valence-electron chi connectivity index (χ0n) is 13.3. The number of rotatable bonds is 5. The Morgan fingerprint density at radius 1 is 1.20 bits per heavy atom. The molecule has 4 heteroatoms. The molecule has 1 fully saturated rings. The van der Waals surface area contributed by atoms with Crippen molar-refractivity contribution in [1.29, 1.82) is 0 Å². The molecular formula is C16H29N3O. The van der Waals surface area contributed by atoms with Crippen LogP contribution in [-0.2, 0) is 0 Å². The molecule has 1 aliphatic heterocycles. The van der Waals surface area contributed by atoms with Crippen molar-refractivity contribution in [3.8, 4) is 0 Å². The Morgan fingerprint density at radius 3 is 2.05 bits per heavy atom. The van der Waals surface area contributed by atoms with Crippen molar-refractivity contribution in [1.82, 2.24) is 15.5 Å². The number of amides is 2. The number of urea groups is 1. The normalized spacial score (nSPS) is 21.0. The SMILES string of the molecule is C=CCN(CC=C)C(=O)NC1CC(C)(C)NC(C)(C)C1. The maximum Gasteiger partial charge on any atom is 0.318 e. The summed E-state index contributed by atoms with van der Waals surface area (Å²) in [4.78, 5) is 14.0. The minimum Gasteiger partial charge on any atom is -0.335 e. The van der Waals surface area contributed by atoms with Crippen LogP contribution in [0.5, 0.6) is 0 Å². The molecule has 0 aliphatic carbocycles. The summed E-state index contributed by atoms with van der Waals surface area (Å²) in [5.41, 5.74) is 0.0583. The van der Waals surface area contributed by atoms with Gasteiger partial charge in [-0.2, -0.15) is 0 Å². The molecule has 4 nitrogen and oxygen atoms in total. The van der Waals surface area contributed by atoms with E-state index in [9.17, 15) is 4.79 Å². The smallest absolute Gasteiger partial charge is 0.318 e. The first-order chi connectivity index (χ1) is 9.19. The van der Waals surface area contributed by atoms with Crippen molar-refractivity contribution in [2.45, 2.75) is 57.7 Å². The molecule has 1 rings (SSSR count). The number of carbonyl (C=O) groups excluding carboxylic acids is 1. The van der Waals surface area contributed by atoms with Gasteiger partial charge in [0, 0.05) is 30.2 Å². The molecule has 0 radical (unpaired) electrons. The molecule has 0 aromatic rings. The van der Waals surface area contributed by atoms with Crippen molar-refractivity contribution < 1.29 is 4.79 Å². The first kappa shape index (κ1) is 16.8. The highest BCUT2D eigenvalue weighted by molar-refractivity contribution is 5.75. The summed E-state index contributed by atoms with van der Waals surface area (Å²) in [5, 5.41) is 6.77. The van der Waals surface area contributed by atoms with Crippen molar-refractivity contribution in [3.05, 3.63) is 25.3 Å². The zero-order valence-corrected chi connectivity index (χ0v) is 13.3. The average Bonchev–Trinajstić information content (AvgIpc) is 2.24. The van der Waals surface area contributed by atoms with Crippen LogP contribution in [0.25, 0.3) is 0 Å². The fraction of sp³-hybridized carbons (Fsp3) is 0.688. The number of carbonyl (C=O) groups is 1. The Labute approximate surface area is 123 Å². The van der Waals surface area contributed by atoms with E-state index in [-0.39, 0.29) is 23.2 Å². The van der Waals surface area contributed by atoms with Crippen molar-refractivity contribution >= 4 is 6.03 Å². The summed E-state index contributed by atoms with van der Waals surface area (Å²) >= 11 is 0. The Kier molecular flexibility index (Phi) is 5.40. The molecular weight excluding hydrogens is 250 g/mol. The molecule has 0 bridgehead atoms. The summed E-state index contributed by atoms with van der Waals surface area (Å²) in [6.07, 6.45) is 5.33. The standard InChI is InChI=1S/C16H29N3O/c1-7-9-19(10-8-2)14(20)17-13-11-15(3,4)18-16(5,6)12-13/h7-8,13,18H,1-2,9-12H2,3-6H3,(H,17,20). The van der Waals surface area contributed by atoms with E-state index >= 15 is 0 Å². The molecule has 0 aromatic heterocycles. The quantitative estimate of drug-likeness (QED) is 0.760. The van der Waals surface area contributed by atoms with Gasteiger partial charge >= 0.3 is 6.03 Å². The van der Waals surface area contributed by atoms with Crippen LogP contribution in [0.3, 0.4) is 0 Å². The average molecular weight is 279 g/mol. The first-order valence-corrected chi connectivity index (χ1v) is 7.26. The van der Waals surface area contributed by atoms with Gasteiger partial charge in [0.1, 0.15) is 0 Å². The van der Waals surface area contributed by atoms with E-state index in [4.69, 9.17) is 0 Å². The largest absolute Gasteiger partial charge is 0.335 e. The van der Waals surface area contributed by atoms with E-state index in [1.54, 1.807) is 17.1 Å². The minimum absolute atomic E-state index is 0.0292. The predicted molar refractivity (Wildman–Crippen MR) is 84.8 cm³/mol. The van der Waals surface area contributed by atoms with E-state index in [2.05, 4.69) is 51.5 Å². The molecule has 1 aliphatic rings. The van der Waals surface area contributed by atoms with Crippen LogP contribution >= 0.6 is 0 Å². The molecule has 0 unspecified atom stereocenters. The molecule has 0 spiro atoms. The molecule has 0 saturated carbocycles. The Bertz CT molecular complexity index is 348. The van der Waals surface area contributed by atoms with Gasteiger partial charge in [0.2, 0.25) is 0 Å². The third kappa shape index (κ3) is 5.00. The van der Waals surface area contributed by atoms with Crippen molar-refractivity contribution in [3.63, 3.8) is 0 Å². The van der Waals surface area contributed by atoms with Gasteiger partial charge in [0.15, 0.2) is 0 Å². The number of piperidine rings is 1. The van der Waals surface area contributed by atoms with E-state index in [0.717, 1.165) is 12.8 Å². The summed E-state index contributed by atoms with van der Waals surface area (Å²) in [7, 11) is 0. The third-order valence-electron chi connectivity index (χ3n) is 3.50. The first-order valence-electron chi connectivity index (χ1n) is 7.26. The second kappa shape index (κ2) is 6.44. The van der Waals surface area contributed by atoms with E-state index in [1.807, 2.05) is 0 Å². The highest BCUT2D eigenvalue weighted by atomic mass is 16.2. The van der Waals surface area contributed by atoms with Crippen LogP contribution < -0.4 is 10.6 Å². The highest BCUT2D eigenvalue weighted by Crippen LogP contribution is 2.28. The topological polar surface area (TPSA) is 44.4 Å². The van der Waals surface area contributed by atoms with E-state index < -0.39 is 0 Å². The van der Waals surface area contributed by atoms with Gasteiger partial charge in [-0.3, -0.25) is 0 Å². The van der Waals surface area contributed by atoms with E-state index in [1.165, 1.54) is 0 Å². The van der Waals surface area contributed by atoms with Gasteiger partial charge in [-0.15, -0.1) is 13.2 Å². The van der Waals surface area contributed by atoms with E-state index in [0.29, 0.717) is 13.1 Å². The summed E-state index contributed by atoms with van der Waals surface area (Å²) in [6, 6.07) is 0.147. The van der Waals surface area contributed by atoms with Gasteiger partial charge < -0.3 is 15.5 Å². The van der Waals surface area contributed by atoms with Gasteiger partial charge in [0.05, 0.1) is 0 Å². The molecule has 1 saturated heterocycles. The number of hydrogen-bond acceptors (Lipinski definition) is 2. The lowest BCUT2D eigenvalue weighted by Gasteiger charge is -2.46. The fourth-order valence-electron chi connectivity index (χ4n) is 3.24.